The average Bonchev–Trinajstić information content (AvgIpc) is 2.55. The van der Waals surface area contributed by atoms with Crippen LogP contribution in [0.15, 0.2) is 30.3 Å². The van der Waals surface area contributed by atoms with Crippen molar-refractivity contribution in [2.75, 3.05) is 33.4 Å². The Bertz CT molecular complexity index is 444. The van der Waals surface area contributed by atoms with Gasteiger partial charge in [-0.3, -0.25) is 4.79 Å². The number of ether oxygens (including phenoxy) is 2. The third kappa shape index (κ3) is 5.31. The molecular formula is C17H26N2O3. The summed E-state index contributed by atoms with van der Waals surface area (Å²) in [6, 6.07) is 9.68. The molecule has 0 radical (unpaired) electrons. The van der Waals surface area contributed by atoms with Gasteiger partial charge in [-0.2, -0.15) is 0 Å². The van der Waals surface area contributed by atoms with Crippen molar-refractivity contribution >= 4 is 5.91 Å². The van der Waals surface area contributed by atoms with Crippen LogP contribution in [0.5, 0.6) is 5.75 Å². The van der Waals surface area contributed by atoms with Crippen molar-refractivity contribution in [1.82, 2.24) is 10.2 Å². The lowest BCUT2D eigenvalue weighted by Crippen LogP contribution is -2.48. The van der Waals surface area contributed by atoms with Crippen molar-refractivity contribution in [2.24, 2.45) is 0 Å². The molecule has 1 N–H and O–H groups in total. The SMILES string of the molecule is COCCN1CCC(NC(=O)[C@@H](C)Oc2ccccc2)CC1. The number of methoxy groups -OCH3 is 1. The highest BCUT2D eigenvalue weighted by Gasteiger charge is 2.23. The number of likely N-dealkylation sites (tertiary alicyclic amines) is 1. The summed E-state index contributed by atoms with van der Waals surface area (Å²) in [5.41, 5.74) is 0. The van der Waals surface area contributed by atoms with E-state index in [1.165, 1.54) is 0 Å². The standard InChI is InChI=1S/C17H26N2O3/c1-14(22-16-6-4-3-5-7-16)17(20)18-15-8-10-19(11-9-15)12-13-21-2/h3-7,14-15H,8-13H2,1-2H3,(H,18,20)/t14-/m1/s1. The summed E-state index contributed by atoms with van der Waals surface area (Å²) in [5, 5.41) is 3.09. The molecule has 5 nitrogen and oxygen atoms in total. The van der Waals surface area contributed by atoms with E-state index < -0.39 is 6.10 Å². The van der Waals surface area contributed by atoms with E-state index in [4.69, 9.17) is 9.47 Å². The molecule has 1 saturated heterocycles. The van der Waals surface area contributed by atoms with Gasteiger partial charge in [0.25, 0.3) is 5.91 Å². The number of nitrogens with one attached hydrogen (secondary N) is 1. The van der Waals surface area contributed by atoms with Crippen LogP contribution in [0.1, 0.15) is 19.8 Å². The van der Waals surface area contributed by atoms with Crippen LogP contribution in [0.4, 0.5) is 0 Å². The number of hydrogen-bond acceptors (Lipinski definition) is 4. The van der Waals surface area contributed by atoms with Gasteiger partial charge in [-0.05, 0) is 31.9 Å². The van der Waals surface area contributed by atoms with Gasteiger partial charge in [0.05, 0.1) is 6.61 Å². The Morgan fingerprint density at radius 1 is 1.32 bits per heavy atom. The molecule has 0 bridgehead atoms. The number of carbonyl (C=O) groups is 1. The molecule has 1 amide bonds. The maximum Gasteiger partial charge on any atom is 0.260 e. The van der Waals surface area contributed by atoms with E-state index in [2.05, 4.69) is 10.2 Å². The molecule has 5 heteroatoms. The molecule has 1 aromatic carbocycles. The minimum Gasteiger partial charge on any atom is -0.481 e. The third-order valence-corrected chi connectivity index (χ3v) is 3.97. The van der Waals surface area contributed by atoms with Crippen LogP contribution in [0.2, 0.25) is 0 Å². The Morgan fingerprint density at radius 3 is 2.64 bits per heavy atom. The summed E-state index contributed by atoms with van der Waals surface area (Å²) in [4.78, 5) is 14.6. The summed E-state index contributed by atoms with van der Waals surface area (Å²) in [6.45, 7) is 5.52. The van der Waals surface area contributed by atoms with Gasteiger partial charge in [0.1, 0.15) is 5.75 Å². The van der Waals surface area contributed by atoms with Crippen LogP contribution in [0, 0.1) is 0 Å². The monoisotopic (exact) mass is 306 g/mol. The number of hydrogen-bond donors (Lipinski definition) is 1. The molecule has 0 aliphatic carbocycles. The highest BCUT2D eigenvalue weighted by molar-refractivity contribution is 5.81. The van der Waals surface area contributed by atoms with Gasteiger partial charge in [-0.1, -0.05) is 18.2 Å². The van der Waals surface area contributed by atoms with Gasteiger partial charge in [0, 0.05) is 32.8 Å². The van der Waals surface area contributed by atoms with Crippen LogP contribution in [-0.4, -0.2) is 56.3 Å². The maximum absolute atomic E-state index is 12.2. The van der Waals surface area contributed by atoms with Crippen LogP contribution in [0.3, 0.4) is 0 Å². The molecule has 0 saturated carbocycles. The van der Waals surface area contributed by atoms with Gasteiger partial charge in [0.15, 0.2) is 6.10 Å². The van der Waals surface area contributed by atoms with Crippen LogP contribution < -0.4 is 10.1 Å². The van der Waals surface area contributed by atoms with Crippen molar-refractivity contribution in [2.45, 2.75) is 31.9 Å². The summed E-state index contributed by atoms with van der Waals surface area (Å²) < 4.78 is 10.7. The molecule has 1 fully saturated rings. The Hall–Kier alpha value is -1.59. The minimum absolute atomic E-state index is 0.0424. The first-order valence-electron chi connectivity index (χ1n) is 7.92. The van der Waals surface area contributed by atoms with E-state index in [0.717, 1.165) is 44.8 Å². The number of benzene rings is 1. The van der Waals surface area contributed by atoms with Gasteiger partial charge < -0.3 is 19.7 Å². The fourth-order valence-electron chi connectivity index (χ4n) is 2.60. The molecule has 0 aromatic heterocycles. The largest absolute Gasteiger partial charge is 0.481 e. The molecule has 1 aliphatic heterocycles. The highest BCUT2D eigenvalue weighted by atomic mass is 16.5. The lowest BCUT2D eigenvalue weighted by atomic mass is 10.0. The lowest BCUT2D eigenvalue weighted by Gasteiger charge is -2.32. The number of piperidine rings is 1. The topological polar surface area (TPSA) is 50.8 Å². The quantitative estimate of drug-likeness (QED) is 0.833. The van der Waals surface area contributed by atoms with Crippen LogP contribution in [0.25, 0.3) is 0 Å². The molecular weight excluding hydrogens is 280 g/mol. The van der Waals surface area contributed by atoms with E-state index in [-0.39, 0.29) is 11.9 Å². The second-order valence-electron chi connectivity index (χ2n) is 5.69. The van der Waals surface area contributed by atoms with Gasteiger partial charge in [-0.25, -0.2) is 0 Å². The molecule has 0 spiro atoms. The second kappa shape index (κ2) is 8.76. The smallest absolute Gasteiger partial charge is 0.260 e. The van der Waals surface area contributed by atoms with E-state index >= 15 is 0 Å². The third-order valence-electron chi connectivity index (χ3n) is 3.97. The average molecular weight is 306 g/mol. The number of amides is 1. The number of nitrogens with zero attached hydrogens (tertiary/aromatic N) is 1. The summed E-state index contributed by atoms with van der Waals surface area (Å²) in [7, 11) is 1.72. The molecule has 0 unspecified atom stereocenters. The van der Waals surface area contributed by atoms with E-state index in [9.17, 15) is 4.79 Å². The molecule has 22 heavy (non-hydrogen) atoms. The predicted molar refractivity (Wildman–Crippen MR) is 86.0 cm³/mol. The van der Waals surface area contributed by atoms with Gasteiger partial charge in [0.2, 0.25) is 0 Å². The van der Waals surface area contributed by atoms with Crippen molar-refractivity contribution in [3.8, 4) is 5.75 Å². The van der Waals surface area contributed by atoms with E-state index in [0.29, 0.717) is 0 Å². The summed E-state index contributed by atoms with van der Waals surface area (Å²) in [6.07, 6.45) is 1.48. The first kappa shape index (κ1) is 16.8. The number of carbonyl (C=O) groups excluding carboxylic acids is 1. The first-order valence-corrected chi connectivity index (χ1v) is 7.92. The minimum atomic E-state index is -0.478. The predicted octanol–water partition coefficient (Wildman–Crippen LogP) is 1.68. The van der Waals surface area contributed by atoms with E-state index in [1.807, 2.05) is 30.3 Å². The van der Waals surface area contributed by atoms with E-state index in [1.54, 1.807) is 14.0 Å². The fourth-order valence-corrected chi connectivity index (χ4v) is 2.60. The van der Waals surface area contributed by atoms with Gasteiger partial charge in [-0.15, -0.1) is 0 Å². The molecule has 2 rings (SSSR count). The van der Waals surface area contributed by atoms with Crippen LogP contribution >= 0.6 is 0 Å². The Balaban J connectivity index is 1.71. The van der Waals surface area contributed by atoms with Gasteiger partial charge >= 0.3 is 0 Å². The molecule has 1 heterocycles. The number of rotatable bonds is 7. The lowest BCUT2D eigenvalue weighted by molar-refractivity contribution is -0.128. The zero-order valence-electron chi connectivity index (χ0n) is 13.5. The summed E-state index contributed by atoms with van der Waals surface area (Å²) >= 11 is 0. The van der Waals surface area contributed by atoms with Crippen molar-refractivity contribution in [3.05, 3.63) is 30.3 Å². The zero-order chi connectivity index (χ0) is 15.8. The Kier molecular flexibility index (Phi) is 6.68. The molecule has 1 atom stereocenters. The summed E-state index contributed by atoms with van der Waals surface area (Å²) in [5.74, 6) is 0.679. The maximum atomic E-state index is 12.2. The Morgan fingerprint density at radius 2 is 2.00 bits per heavy atom. The molecule has 122 valence electrons. The van der Waals surface area contributed by atoms with Crippen LogP contribution in [-0.2, 0) is 9.53 Å². The van der Waals surface area contributed by atoms with Crippen molar-refractivity contribution in [3.63, 3.8) is 0 Å². The molecule has 1 aliphatic rings. The second-order valence-corrected chi connectivity index (χ2v) is 5.69. The Labute approximate surface area is 132 Å². The highest BCUT2D eigenvalue weighted by Crippen LogP contribution is 2.13. The molecule has 1 aromatic rings. The van der Waals surface area contributed by atoms with Crippen molar-refractivity contribution < 1.29 is 14.3 Å². The normalized spacial score (nSPS) is 17.9. The zero-order valence-corrected chi connectivity index (χ0v) is 13.5. The number of para-hydroxylation sites is 1. The van der Waals surface area contributed by atoms with Crippen molar-refractivity contribution in [1.29, 1.82) is 0 Å². The first-order chi connectivity index (χ1) is 10.7. The fraction of sp³-hybridized carbons (Fsp3) is 0.588.